The summed E-state index contributed by atoms with van der Waals surface area (Å²) in [6.07, 6.45) is 3.33. The Kier molecular flexibility index (Phi) is 6.63. The van der Waals surface area contributed by atoms with E-state index in [9.17, 15) is 9.50 Å². The van der Waals surface area contributed by atoms with Crippen LogP contribution in [0.15, 0.2) is 36.4 Å². The zero-order valence-electron chi connectivity index (χ0n) is 24.4. The van der Waals surface area contributed by atoms with Crippen LogP contribution in [0.1, 0.15) is 32.1 Å². The van der Waals surface area contributed by atoms with E-state index in [-0.39, 0.29) is 40.4 Å². The van der Waals surface area contributed by atoms with E-state index in [1.54, 1.807) is 18.2 Å². The van der Waals surface area contributed by atoms with Crippen molar-refractivity contribution in [3.8, 4) is 22.9 Å². The summed E-state index contributed by atoms with van der Waals surface area (Å²) in [5.41, 5.74) is -0.721. The van der Waals surface area contributed by atoms with Gasteiger partial charge in [-0.15, -0.1) is 0 Å². The molecule has 4 atom stereocenters. The van der Waals surface area contributed by atoms with Crippen molar-refractivity contribution < 1.29 is 23.0 Å². The number of likely N-dealkylation sites (N-methyl/N-ethyl adjacent to an activating group) is 1. The van der Waals surface area contributed by atoms with E-state index >= 15 is 8.78 Å². The zero-order valence-corrected chi connectivity index (χ0v) is 25.1. The number of aromatic nitrogens is 2. The van der Waals surface area contributed by atoms with Crippen LogP contribution in [0.5, 0.6) is 11.8 Å². The fraction of sp³-hybridized carbons (Fsp3) is 0.455. The number of hydrogen-bond donors (Lipinski definition) is 1. The van der Waals surface area contributed by atoms with Crippen LogP contribution in [0.3, 0.4) is 0 Å². The van der Waals surface area contributed by atoms with Gasteiger partial charge >= 0.3 is 6.01 Å². The molecule has 230 valence electrons. The van der Waals surface area contributed by atoms with E-state index in [4.69, 9.17) is 21.3 Å². The third kappa shape index (κ3) is 4.40. The molecule has 1 N–H and O–H groups in total. The number of nitrogens with zero attached hydrogens (tertiary/aromatic N) is 5. The van der Waals surface area contributed by atoms with Crippen LogP contribution >= 0.6 is 11.6 Å². The lowest BCUT2D eigenvalue weighted by molar-refractivity contribution is 0.107. The molecule has 0 amide bonds. The lowest BCUT2D eigenvalue weighted by Crippen LogP contribution is -2.52. The maximum atomic E-state index is 16.8. The molecule has 0 aliphatic carbocycles. The van der Waals surface area contributed by atoms with Crippen LogP contribution in [0, 0.1) is 11.6 Å². The summed E-state index contributed by atoms with van der Waals surface area (Å²) in [5, 5.41) is 12.0. The van der Waals surface area contributed by atoms with Gasteiger partial charge in [-0.25, -0.2) is 13.2 Å². The summed E-state index contributed by atoms with van der Waals surface area (Å²) in [6.45, 7) is 2.72. The minimum atomic E-state index is -0.917. The highest BCUT2D eigenvalue weighted by Gasteiger charge is 2.49. The number of anilines is 1. The minimum Gasteiger partial charge on any atom is -0.508 e. The number of benzene rings is 3. The van der Waals surface area contributed by atoms with Crippen molar-refractivity contribution >= 4 is 39.1 Å². The van der Waals surface area contributed by atoms with Crippen LogP contribution < -0.4 is 9.64 Å². The van der Waals surface area contributed by atoms with Crippen LogP contribution in [-0.2, 0) is 0 Å². The standard InChI is InChI=1S/C33H33ClF3N5O2/c1-40-20-6-7-21(40)16-41(15-20)31-24-12-26(36)28(23-11-22(43)10-18-4-2-5-25(34)27(18)23)29(37)30(24)38-32(39-31)44-17-33-8-3-9-42(33)14-19(35)13-33/h2,4-5,10-12,19-21,43H,3,6-9,13-17H2,1H3/t19-,20?,21?,33?/m1/s1. The zero-order chi connectivity index (χ0) is 30.3. The molecule has 44 heavy (non-hydrogen) atoms. The lowest BCUT2D eigenvalue weighted by Gasteiger charge is -2.40. The molecular formula is C33H33ClF3N5O2. The summed E-state index contributed by atoms with van der Waals surface area (Å²) in [5.74, 6) is -1.41. The average Bonchev–Trinajstić information content (AvgIpc) is 3.56. The molecule has 3 aromatic carbocycles. The number of hydrogen-bond acceptors (Lipinski definition) is 7. The highest BCUT2D eigenvalue weighted by Crippen LogP contribution is 2.44. The van der Waals surface area contributed by atoms with Crippen LogP contribution in [0.4, 0.5) is 19.0 Å². The summed E-state index contributed by atoms with van der Waals surface area (Å²) in [7, 11) is 2.12. The van der Waals surface area contributed by atoms with Gasteiger partial charge in [-0.2, -0.15) is 9.97 Å². The number of rotatable bonds is 5. The van der Waals surface area contributed by atoms with Crippen LogP contribution in [0.2, 0.25) is 5.02 Å². The molecule has 2 bridgehead atoms. The fourth-order valence-corrected chi connectivity index (χ4v) is 8.49. The van der Waals surface area contributed by atoms with Gasteiger partial charge in [-0.3, -0.25) is 9.80 Å². The summed E-state index contributed by atoms with van der Waals surface area (Å²) in [6, 6.07) is 9.80. The van der Waals surface area contributed by atoms with Gasteiger partial charge in [0.25, 0.3) is 0 Å². The molecule has 4 aliphatic heterocycles. The molecule has 0 spiro atoms. The van der Waals surface area contributed by atoms with Gasteiger partial charge < -0.3 is 14.7 Å². The van der Waals surface area contributed by atoms with E-state index in [1.165, 1.54) is 18.2 Å². The number of ether oxygens (including phenoxy) is 1. The number of halogens is 4. The van der Waals surface area contributed by atoms with Crippen LogP contribution in [-0.4, -0.2) is 88.5 Å². The minimum absolute atomic E-state index is 0.0161. The maximum Gasteiger partial charge on any atom is 0.319 e. The van der Waals surface area contributed by atoms with Gasteiger partial charge in [-0.1, -0.05) is 23.7 Å². The second-order valence-electron chi connectivity index (χ2n) is 12.9. The number of aromatic hydroxyl groups is 1. The quantitative estimate of drug-likeness (QED) is 0.279. The van der Waals surface area contributed by atoms with Gasteiger partial charge in [0.05, 0.1) is 11.1 Å². The molecule has 8 rings (SSSR count). The first kappa shape index (κ1) is 28.2. The molecule has 0 radical (unpaired) electrons. The monoisotopic (exact) mass is 623 g/mol. The summed E-state index contributed by atoms with van der Waals surface area (Å²) < 4.78 is 53.6. The molecule has 11 heteroatoms. The third-order valence-electron chi connectivity index (χ3n) is 10.4. The normalized spacial score (nSPS) is 27.1. The molecule has 4 fully saturated rings. The Bertz CT molecular complexity index is 1800. The Labute approximate surface area is 258 Å². The first-order valence-corrected chi connectivity index (χ1v) is 15.7. The number of phenols is 1. The Morgan fingerprint density at radius 2 is 1.89 bits per heavy atom. The Morgan fingerprint density at radius 1 is 1.09 bits per heavy atom. The van der Waals surface area contributed by atoms with E-state index in [2.05, 4.69) is 26.7 Å². The number of alkyl halides is 1. The molecule has 1 aromatic heterocycles. The van der Waals surface area contributed by atoms with Crippen molar-refractivity contribution in [2.45, 2.75) is 55.9 Å². The molecule has 3 unspecified atom stereocenters. The van der Waals surface area contributed by atoms with Gasteiger partial charge in [0, 0.05) is 59.5 Å². The summed E-state index contributed by atoms with van der Waals surface area (Å²) >= 11 is 6.53. The molecular weight excluding hydrogens is 591 g/mol. The van der Waals surface area contributed by atoms with Crippen molar-refractivity contribution in [1.82, 2.24) is 19.8 Å². The van der Waals surface area contributed by atoms with Gasteiger partial charge in [0.2, 0.25) is 0 Å². The largest absolute Gasteiger partial charge is 0.508 e. The van der Waals surface area contributed by atoms with Crippen molar-refractivity contribution in [3.05, 3.63) is 53.1 Å². The Balaban J connectivity index is 1.28. The molecule has 7 nitrogen and oxygen atoms in total. The molecule has 5 heterocycles. The summed E-state index contributed by atoms with van der Waals surface area (Å²) in [4.78, 5) is 15.9. The number of piperazine rings is 1. The smallest absolute Gasteiger partial charge is 0.319 e. The van der Waals surface area contributed by atoms with Gasteiger partial charge in [0.15, 0.2) is 5.82 Å². The highest BCUT2D eigenvalue weighted by atomic mass is 35.5. The lowest BCUT2D eigenvalue weighted by atomic mass is 9.95. The average molecular weight is 624 g/mol. The first-order chi connectivity index (χ1) is 21.2. The van der Waals surface area contributed by atoms with Gasteiger partial charge in [0.1, 0.15) is 35.7 Å². The second kappa shape index (κ2) is 10.4. The molecule has 4 aromatic rings. The molecule has 4 aliphatic rings. The predicted molar refractivity (Wildman–Crippen MR) is 164 cm³/mol. The Morgan fingerprint density at radius 3 is 2.68 bits per heavy atom. The SMILES string of the molecule is CN1C2CCC1CN(c1nc(OCC34CCCN3C[C@H](F)C4)nc3c(F)c(-c4cc(O)cc5cccc(Cl)c45)c(F)cc13)C2. The van der Waals surface area contributed by atoms with E-state index in [0.717, 1.165) is 32.2 Å². The number of phenolic OH excluding ortho intramolecular Hbond substituents is 1. The topological polar surface area (TPSA) is 65.0 Å². The Hall–Kier alpha value is -3.34. The van der Waals surface area contributed by atoms with Crippen molar-refractivity contribution in [2.75, 3.05) is 44.7 Å². The van der Waals surface area contributed by atoms with Crippen molar-refractivity contribution in [2.24, 2.45) is 0 Å². The fourth-order valence-electron chi connectivity index (χ4n) is 8.21. The first-order valence-electron chi connectivity index (χ1n) is 15.3. The highest BCUT2D eigenvalue weighted by molar-refractivity contribution is 6.36. The molecule has 0 saturated carbocycles. The number of fused-ring (bicyclic) bond motifs is 5. The van der Waals surface area contributed by atoms with Crippen molar-refractivity contribution in [3.63, 3.8) is 0 Å². The predicted octanol–water partition coefficient (Wildman–Crippen LogP) is 6.33. The van der Waals surface area contributed by atoms with E-state index in [0.29, 0.717) is 59.8 Å². The van der Waals surface area contributed by atoms with E-state index in [1.807, 2.05) is 0 Å². The maximum absolute atomic E-state index is 16.8. The third-order valence-corrected chi connectivity index (χ3v) is 10.7. The van der Waals surface area contributed by atoms with Gasteiger partial charge in [-0.05, 0) is 68.9 Å². The van der Waals surface area contributed by atoms with E-state index < -0.39 is 23.3 Å². The molecule has 4 saturated heterocycles. The second-order valence-corrected chi connectivity index (χ2v) is 13.3. The van der Waals surface area contributed by atoms with Crippen LogP contribution in [0.25, 0.3) is 32.8 Å². The van der Waals surface area contributed by atoms with Crippen molar-refractivity contribution in [1.29, 1.82) is 0 Å².